The third-order valence-electron chi connectivity index (χ3n) is 4.62. The molecule has 1 aliphatic carbocycles. The van der Waals surface area contributed by atoms with Crippen LogP contribution in [0, 0.1) is 0 Å². The Balaban J connectivity index is 1.53. The summed E-state index contributed by atoms with van der Waals surface area (Å²) in [6.45, 7) is 2.15. The van der Waals surface area contributed by atoms with E-state index in [0.717, 1.165) is 36.8 Å². The number of benzene rings is 1. The molecular formula is C19H23N3O. The van der Waals surface area contributed by atoms with Crippen molar-refractivity contribution >= 4 is 11.5 Å². The number of likely N-dealkylation sites (N-methyl/N-ethyl adjacent to an activating group) is 1. The Hall–Kier alpha value is -2.07. The molecule has 1 aromatic heterocycles. The van der Waals surface area contributed by atoms with E-state index in [2.05, 4.69) is 40.4 Å². The lowest BCUT2D eigenvalue weighted by molar-refractivity contribution is 0.208. The van der Waals surface area contributed by atoms with E-state index in [1.165, 1.54) is 18.4 Å². The van der Waals surface area contributed by atoms with Crippen molar-refractivity contribution in [2.75, 3.05) is 25.5 Å². The second-order valence-electron chi connectivity index (χ2n) is 6.65. The van der Waals surface area contributed by atoms with Crippen molar-refractivity contribution in [3.8, 4) is 5.75 Å². The molecular weight excluding hydrogens is 286 g/mol. The SMILES string of the molecule is CN1CCC(Oc2ccc(Nc3ccccn3)c(C3CC3)c2)C1. The molecule has 4 rings (SSSR count). The summed E-state index contributed by atoms with van der Waals surface area (Å²) < 4.78 is 6.18. The summed E-state index contributed by atoms with van der Waals surface area (Å²) in [5.74, 6) is 2.55. The van der Waals surface area contributed by atoms with Crippen molar-refractivity contribution < 1.29 is 4.74 Å². The van der Waals surface area contributed by atoms with Crippen LogP contribution in [-0.4, -0.2) is 36.1 Å². The molecule has 1 N–H and O–H groups in total. The van der Waals surface area contributed by atoms with E-state index in [1.807, 2.05) is 24.4 Å². The lowest BCUT2D eigenvalue weighted by atomic mass is 10.1. The van der Waals surface area contributed by atoms with Gasteiger partial charge in [-0.25, -0.2) is 4.98 Å². The van der Waals surface area contributed by atoms with Gasteiger partial charge in [-0.15, -0.1) is 0 Å². The van der Waals surface area contributed by atoms with Crippen LogP contribution in [0.25, 0.3) is 0 Å². The average Bonchev–Trinajstić information content (AvgIpc) is 3.33. The van der Waals surface area contributed by atoms with E-state index in [1.54, 1.807) is 0 Å². The first kappa shape index (κ1) is 14.5. The Kier molecular flexibility index (Phi) is 3.92. The number of rotatable bonds is 5. The molecule has 2 aromatic rings. The fourth-order valence-corrected chi connectivity index (χ4v) is 3.22. The highest BCUT2D eigenvalue weighted by molar-refractivity contribution is 5.63. The summed E-state index contributed by atoms with van der Waals surface area (Å²) in [5, 5.41) is 3.45. The molecule has 1 aromatic carbocycles. The number of likely N-dealkylation sites (tertiary alicyclic amines) is 1. The molecule has 1 aliphatic heterocycles. The molecule has 2 aliphatic rings. The van der Waals surface area contributed by atoms with Crippen LogP contribution < -0.4 is 10.1 Å². The summed E-state index contributed by atoms with van der Waals surface area (Å²) in [6.07, 6.45) is 5.79. The highest BCUT2D eigenvalue weighted by Gasteiger charge is 2.27. The number of hydrogen-bond donors (Lipinski definition) is 1. The van der Waals surface area contributed by atoms with Gasteiger partial charge in [0.25, 0.3) is 0 Å². The van der Waals surface area contributed by atoms with Gasteiger partial charge in [0.05, 0.1) is 0 Å². The Morgan fingerprint density at radius 2 is 2.09 bits per heavy atom. The van der Waals surface area contributed by atoms with Crippen LogP contribution >= 0.6 is 0 Å². The zero-order valence-electron chi connectivity index (χ0n) is 13.5. The van der Waals surface area contributed by atoms with E-state index in [4.69, 9.17) is 4.74 Å². The van der Waals surface area contributed by atoms with Crippen molar-refractivity contribution in [3.05, 3.63) is 48.2 Å². The van der Waals surface area contributed by atoms with Crippen LogP contribution in [0.2, 0.25) is 0 Å². The van der Waals surface area contributed by atoms with Crippen LogP contribution in [0.3, 0.4) is 0 Å². The van der Waals surface area contributed by atoms with Gasteiger partial charge in [-0.2, -0.15) is 0 Å². The van der Waals surface area contributed by atoms with E-state index in [-0.39, 0.29) is 0 Å². The van der Waals surface area contributed by atoms with Crippen LogP contribution in [0.1, 0.15) is 30.7 Å². The van der Waals surface area contributed by atoms with Gasteiger partial charge in [0.2, 0.25) is 0 Å². The third-order valence-corrected chi connectivity index (χ3v) is 4.62. The Morgan fingerprint density at radius 3 is 2.78 bits per heavy atom. The van der Waals surface area contributed by atoms with Gasteiger partial charge in [0, 0.05) is 25.0 Å². The van der Waals surface area contributed by atoms with Gasteiger partial charge < -0.3 is 15.0 Å². The van der Waals surface area contributed by atoms with E-state index < -0.39 is 0 Å². The molecule has 2 heterocycles. The lowest BCUT2D eigenvalue weighted by Crippen LogP contribution is -2.21. The highest BCUT2D eigenvalue weighted by atomic mass is 16.5. The minimum atomic E-state index is 0.321. The van der Waals surface area contributed by atoms with Crippen molar-refractivity contribution in [2.24, 2.45) is 0 Å². The van der Waals surface area contributed by atoms with Gasteiger partial charge >= 0.3 is 0 Å². The maximum atomic E-state index is 6.18. The minimum absolute atomic E-state index is 0.321. The molecule has 0 amide bonds. The molecule has 23 heavy (non-hydrogen) atoms. The Bertz CT molecular complexity index is 670. The molecule has 2 fully saturated rings. The van der Waals surface area contributed by atoms with E-state index >= 15 is 0 Å². The largest absolute Gasteiger partial charge is 0.489 e. The first-order valence-electron chi connectivity index (χ1n) is 8.45. The molecule has 0 spiro atoms. The smallest absolute Gasteiger partial charge is 0.130 e. The summed E-state index contributed by atoms with van der Waals surface area (Å²) in [4.78, 5) is 6.68. The number of ether oxygens (including phenoxy) is 1. The first-order chi connectivity index (χ1) is 11.3. The highest BCUT2D eigenvalue weighted by Crippen LogP contribution is 2.45. The van der Waals surface area contributed by atoms with Crippen molar-refractivity contribution in [1.82, 2.24) is 9.88 Å². The van der Waals surface area contributed by atoms with Gasteiger partial charge in [0.15, 0.2) is 0 Å². The second-order valence-corrected chi connectivity index (χ2v) is 6.65. The predicted molar refractivity (Wildman–Crippen MR) is 92.5 cm³/mol. The van der Waals surface area contributed by atoms with Gasteiger partial charge in [-0.3, -0.25) is 0 Å². The molecule has 4 nitrogen and oxygen atoms in total. The van der Waals surface area contributed by atoms with Gasteiger partial charge in [-0.05, 0) is 68.1 Å². The van der Waals surface area contributed by atoms with Crippen molar-refractivity contribution in [3.63, 3.8) is 0 Å². The maximum Gasteiger partial charge on any atom is 0.130 e. The zero-order valence-corrected chi connectivity index (χ0v) is 13.5. The molecule has 1 unspecified atom stereocenters. The van der Waals surface area contributed by atoms with E-state index in [0.29, 0.717) is 12.0 Å². The number of pyridine rings is 1. The van der Waals surface area contributed by atoms with Crippen LogP contribution in [-0.2, 0) is 0 Å². The predicted octanol–water partition coefficient (Wildman–Crippen LogP) is 3.79. The normalized spacial score (nSPS) is 21.3. The summed E-state index contributed by atoms with van der Waals surface area (Å²) in [5.41, 5.74) is 2.52. The first-order valence-corrected chi connectivity index (χ1v) is 8.45. The third kappa shape index (κ3) is 3.48. The fourth-order valence-electron chi connectivity index (χ4n) is 3.22. The quantitative estimate of drug-likeness (QED) is 0.912. The topological polar surface area (TPSA) is 37.4 Å². The van der Waals surface area contributed by atoms with Gasteiger partial charge in [-0.1, -0.05) is 6.07 Å². The molecule has 0 radical (unpaired) electrons. The molecule has 1 atom stereocenters. The molecule has 4 heteroatoms. The van der Waals surface area contributed by atoms with Crippen molar-refractivity contribution in [2.45, 2.75) is 31.3 Å². The summed E-state index contributed by atoms with van der Waals surface area (Å²) in [7, 11) is 2.15. The summed E-state index contributed by atoms with van der Waals surface area (Å²) in [6, 6.07) is 12.4. The average molecular weight is 309 g/mol. The Labute approximate surface area is 137 Å². The lowest BCUT2D eigenvalue weighted by Gasteiger charge is -2.17. The van der Waals surface area contributed by atoms with Crippen LogP contribution in [0.4, 0.5) is 11.5 Å². The van der Waals surface area contributed by atoms with Crippen LogP contribution in [0.5, 0.6) is 5.75 Å². The number of anilines is 2. The standard InChI is InChI=1S/C19H23N3O/c1-22-11-9-16(13-22)23-15-7-8-18(17(12-15)14-5-6-14)21-19-4-2-3-10-20-19/h2-4,7-8,10,12,14,16H,5-6,9,11,13H2,1H3,(H,20,21). The molecule has 1 saturated heterocycles. The number of hydrogen-bond acceptors (Lipinski definition) is 4. The zero-order chi connectivity index (χ0) is 15.6. The molecule has 1 saturated carbocycles. The monoisotopic (exact) mass is 309 g/mol. The molecule has 120 valence electrons. The minimum Gasteiger partial charge on any atom is -0.489 e. The molecule has 0 bridgehead atoms. The Morgan fingerprint density at radius 1 is 1.17 bits per heavy atom. The summed E-state index contributed by atoms with van der Waals surface area (Å²) >= 11 is 0. The number of aromatic nitrogens is 1. The van der Waals surface area contributed by atoms with Crippen molar-refractivity contribution in [1.29, 1.82) is 0 Å². The second kappa shape index (κ2) is 6.20. The van der Waals surface area contributed by atoms with E-state index in [9.17, 15) is 0 Å². The maximum absolute atomic E-state index is 6.18. The number of nitrogens with zero attached hydrogens (tertiary/aromatic N) is 2. The number of nitrogens with one attached hydrogen (secondary N) is 1. The fraction of sp³-hybridized carbons (Fsp3) is 0.421. The van der Waals surface area contributed by atoms with Gasteiger partial charge in [0.1, 0.15) is 17.7 Å². The van der Waals surface area contributed by atoms with Crippen LogP contribution in [0.15, 0.2) is 42.6 Å².